The normalized spacial score (nSPS) is 10.8. The molecule has 7 heteroatoms. The standard InChI is InChI=1S/C21H13FN2O3S/c22-15-8-9-18(17(12-15)13-5-3-6-16(10-13)24(26)27)23-21(25)20-11-14-4-1-2-7-19(14)28-20/h1-12H,(H,23,25). The molecule has 28 heavy (non-hydrogen) atoms. The summed E-state index contributed by atoms with van der Waals surface area (Å²) in [5.41, 5.74) is 1.09. The third kappa shape index (κ3) is 3.47. The Hall–Kier alpha value is -3.58. The average Bonchev–Trinajstić information content (AvgIpc) is 3.14. The summed E-state index contributed by atoms with van der Waals surface area (Å²) in [6.07, 6.45) is 0. The molecule has 4 aromatic rings. The van der Waals surface area contributed by atoms with Crippen molar-refractivity contribution in [2.45, 2.75) is 0 Å². The fourth-order valence-corrected chi connectivity index (χ4v) is 3.89. The van der Waals surface area contributed by atoms with Gasteiger partial charge in [-0.05, 0) is 41.3 Å². The molecule has 0 bridgehead atoms. The molecule has 0 spiro atoms. The molecule has 0 radical (unpaired) electrons. The van der Waals surface area contributed by atoms with E-state index in [0.717, 1.165) is 10.1 Å². The van der Waals surface area contributed by atoms with Gasteiger partial charge in [-0.15, -0.1) is 11.3 Å². The van der Waals surface area contributed by atoms with Gasteiger partial charge in [0.2, 0.25) is 0 Å². The third-order valence-electron chi connectivity index (χ3n) is 4.25. The zero-order chi connectivity index (χ0) is 19.7. The minimum Gasteiger partial charge on any atom is -0.321 e. The number of rotatable bonds is 4. The van der Waals surface area contributed by atoms with Gasteiger partial charge in [-0.3, -0.25) is 14.9 Å². The molecule has 0 aliphatic rings. The number of non-ortho nitro benzene ring substituents is 1. The average molecular weight is 392 g/mol. The number of nitrogens with one attached hydrogen (secondary N) is 1. The number of benzene rings is 3. The first-order chi connectivity index (χ1) is 13.5. The molecule has 0 saturated heterocycles. The number of carbonyl (C=O) groups is 1. The minimum absolute atomic E-state index is 0.108. The summed E-state index contributed by atoms with van der Waals surface area (Å²) < 4.78 is 14.8. The van der Waals surface area contributed by atoms with E-state index in [1.807, 2.05) is 24.3 Å². The Morgan fingerprint density at radius 1 is 1.00 bits per heavy atom. The lowest BCUT2D eigenvalue weighted by molar-refractivity contribution is -0.384. The van der Waals surface area contributed by atoms with Gasteiger partial charge in [0, 0.05) is 28.1 Å². The predicted molar refractivity (Wildman–Crippen MR) is 108 cm³/mol. The van der Waals surface area contributed by atoms with Gasteiger partial charge in [-0.1, -0.05) is 30.3 Å². The predicted octanol–water partition coefficient (Wildman–Crippen LogP) is 5.87. The molecular formula is C21H13FN2O3S. The second kappa shape index (κ2) is 7.21. The van der Waals surface area contributed by atoms with E-state index in [4.69, 9.17) is 0 Å². The van der Waals surface area contributed by atoms with Crippen LogP contribution in [0.3, 0.4) is 0 Å². The fourth-order valence-electron chi connectivity index (χ4n) is 2.93. The van der Waals surface area contributed by atoms with E-state index in [0.29, 0.717) is 21.7 Å². The van der Waals surface area contributed by atoms with E-state index in [1.54, 1.807) is 12.1 Å². The van der Waals surface area contributed by atoms with E-state index >= 15 is 0 Å². The SMILES string of the molecule is O=C(Nc1ccc(F)cc1-c1cccc([N+](=O)[O-])c1)c1cc2ccccc2s1. The maximum absolute atomic E-state index is 13.8. The third-order valence-corrected chi connectivity index (χ3v) is 5.36. The van der Waals surface area contributed by atoms with Gasteiger partial charge in [0.1, 0.15) is 5.82 Å². The van der Waals surface area contributed by atoms with E-state index in [2.05, 4.69) is 5.32 Å². The number of hydrogen-bond acceptors (Lipinski definition) is 4. The molecule has 0 fully saturated rings. The molecule has 138 valence electrons. The van der Waals surface area contributed by atoms with Gasteiger partial charge in [-0.25, -0.2) is 4.39 Å². The molecule has 1 heterocycles. The largest absolute Gasteiger partial charge is 0.321 e. The smallest absolute Gasteiger partial charge is 0.270 e. The number of thiophene rings is 1. The van der Waals surface area contributed by atoms with Crippen LogP contribution in [0.2, 0.25) is 0 Å². The zero-order valence-electron chi connectivity index (χ0n) is 14.4. The van der Waals surface area contributed by atoms with Crippen molar-refractivity contribution in [3.63, 3.8) is 0 Å². The summed E-state index contributed by atoms with van der Waals surface area (Å²) in [5, 5.41) is 14.8. The van der Waals surface area contributed by atoms with Gasteiger partial charge in [-0.2, -0.15) is 0 Å². The second-order valence-electron chi connectivity index (χ2n) is 6.10. The van der Waals surface area contributed by atoms with Crippen LogP contribution in [0.5, 0.6) is 0 Å². The molecule has 1 aromatic heterocycles. The lowest BCUT2D eigenvalue weighted by Crippen LogP contribution is -2.11. The first-order valence-electron chi connectivity index (χ1n) is 8.35. The molecule has 1 amide bonds. The van der Waals surface area contributed by atoms with Crippen LogP contribution in [0, 0.1) is 15.9 Å². The highest BCUT2D eigenvalue weighted by atomic mass is 32.1. The molecule has 0 atom stereocenters. The van der Waals surface area contributed by atoms with Crippen molar-refractivity contribution in [3.8, 4) is 11.1 Å². The van der Waals surface area contributed by atoms with Crippen molar-refractivity contribution in [2.75, 3.05) is 5.32 Å². The fraction of sp³-hybridized carbons (Fsp3) is 0. The van der Waals surface area contributed by atoms with Gasteiger partial charge < -0.3 is 5.32 Å². The van der Waals surface area contributed by atoms with Crippen molar-refractivity contribution in [1.29, 1.82) is 0 Å². The summed E-state index contributed by atoms with van der Waals surface area (Å²) in [6, 6.07) is 19.3. The monoisotopic (exact) mass is 392 g/mol. The molecule has 0 saturated carbocycles. The van der Waals surface area contributed by atoms with Crippen molar-refractivity contribution >= 4 is 38.7 Å². The van der Waals surface area contributed by atoms with Crippen LogP contribution >= 0.6 is 11.3 Å². The van der Waals surface area contributed by atoms with Crippen molar-refractivity contribution in [2.24, 2.45) is 0 Å². The van der Waals surface area contributed by atoms with Crippen LogP contribution in [0.25, 0.3) is 21.2 Å². The maximum Gasteiger partial charge on any atom is 0.270 e. The van der Waals surface area contributed by atoms with Gasteiger partial charge in [0.25, 0.3) is 11.6 Å². The summed E-state index contributed by atoms with van der Waals surface area (Å²) in [7, 11) is 0. The number of nitrogens with zero attached hydrogens (tertiary/aromatic N) is 1. The summed E-state index contributed by atoms with van der Waals surface area (Å²) in [6.45, 7) is 0. The second-order valence-corrected chi connectivity index (χ2v) is 7.18. The number of hydrogen-bond donors (Lipinski definition) is 1. The minimum atomic E-state index is -0.516. The molecular weight excluding hydrogens is 379 g/mol. The maximum atomic E-state index is 13.8. The first-order valence-corrected chi connectivity index (χ1v) is 9.17. The summed E-state index contributed by atoms with van der Waals surface area (Å²) >= 11 is 1.36. The number of carbonyl (C=O) groups excluding carboxylic acids is 1. The summed E-state index contributed by atoms with van der Waals surface area (Å²) in [5.74, 6) is -0.819. The Morgan fingerprint density at radius 2 is 1.82 bits per heavy atom. The van der Waals surface area contributed by atoms with Crippen LogP contribution in [-0.4, -0.2) is 10.8 Å². The quantitative estimate of drug-likeness (QED) is 0.349. The lowest BCUT2D eigenvalue weighted by Gasteiger charge is -2.11. The Bertz CT molecular complexity index is 1190. The highest BCUT2D eigenvalue weighted by Gasteiger charge is 2.15. The van der Waals surface area contributed by atoms with E-state index < -0.39 is 10.7 Å². The van der Waals surface area contributed by atoms with Crippen LogP contribution in [0.15, 0.2) is 72.8 Å². The topological polar surface area (TPSA) is 72.2 Å². The van der Waals surface area contributed by atoms with Crippen LogP contribution in [0.4, 0.5) is 15.8 Å². The van der Waals surface area contributed by atoms with E-state index in [1.165, 1.54) is 47.7 Å². The van der Waals surface area contributed by atoms with Crippen LogP contribution in [0.1, 0.15) is 9.67 Å². The van der Waals surface area contributed by atoms with Crippen LogP contribution in [-0.2, 0) is 0 Å². The Balaban J connectivity index is 1.71. The summed E-state index contributed by atoms with van der Waals surface area (Å²) in [4.78, 5) is 23.8. The molecule has 0 aliphatic heterocycles. The molecule has 3 aromatic carbocycles. The van der Waals surface area contributed by atoms with Gasteiger partial charge in [0.05, 0.1) is 9.80 Å². The Morgan fingerprint density at radius 3 is 2.61 bits per heavy atom. The number of nitro benzene ring substituents is 1. The van der Waals surface area contributed by atoms with Gasteiger partial charge in [0.15, 0.2) is 0 Å². The highest BCUT2D eigenvalue weighted by molar-refractivity contribution is 7.20. The molecule has 1 N–H and O–H groups in total. The molecule has 0 aliphatic carbocycles. The highest BCUT2D eigenvalue weighted by Crippen LogP contribution is 2.32. The Labute approximate surface area is 163 Å². The van der Waals surface area contributed by atoms with Crippen molar-refractivity contribution in [3.05, 3.63) is 93.6 Å². The molecule has 0 unspecified atom stereocenters. The van der Waals surface area contributed by atoms with E-state index in [9.17, 15) is 19.3 Å². The van der Waals surface area contributed by atoms with Crippen LogP contribution < -0.4 is 5.32 Å². The van der Waals surface area contributed by atoms with E-state index in [-0.39, 0.29) is 11.6 Å². The number of anilines is 1. The number of halogens is 1. The van der Waals surface area contributed by atoms with Crippen molar-refractivity contribution < 1.29 is 14.1 Å². The number of amides is 1. The number of fused-ring (bicyclic) bond motifs is 1. The number of nitro groups is 1. The van der Waals surface area contributed by atoms with Crippen molar-refractivity contribution in [1.82, 2.24) is 0 Å². The molecule has 5 nitrogen and oxygen atoms in total. The first kappa shape index (κ1) is 17.8. The molecule has 4 rings (SSSR count). The Kier molecular flexibility index (Phi) is 4.58. The lowest BCUT2D eigenvalue weighted by atomic mass is 10.0. The zero-order valence-corrected chi connectivity index (χ0v) is 15.2. The van der Waals surface area contributed by atoms with Gasteiger partial charge >= 0.3 is 0 Å².